The van der Waals surface area contributed by atoms with Crippen LogP contribution in [0.5, 0.6) is 5.75 Å². The summed E-state index contributed by atoms with van der Waals surface area (Å²) in [4.78, 5) is 4.53. The highest BCUT2D eigenvalue weighted by atomic mass is 16.5. The molecule has 1 unspecified atom stereocenters. The average molecular weight is 288 g/mol. The van der Waals surface area contributed by atoms with Gasteiger partial charge in [-0.1, -0.05) is 0 Å². The van der Waals surface area contributed by atoms with E-state index in [1.54, 1.807) is 7.11 Å². The van der Waals surface area contributed by atoms with Gasteiger partial charge in [0.15, 0.2) is 0 Å². The van der Waals surface area contributed by atoms with Crippen LogP contribution in [0.25, 0.3) is 0 Å². The van der Waals surface area contributed by atoms with Crippen LogP contribution >= 0.6 is 0 Å². The predicted molar refractivity (Wildman–Crippen MR) is 83.8 cm³/mol. The van der Waals surface area contributed by atoms with Gasteiger partial charge in [0, 0.05) is 41.0 Å². The van der Waals surface area contributed by atoms with E-state index in [1.165, 1.54) is 0 Å². The molecule has 0 spiro atoms. The number of ether oxygens (including phenoxy) is 1. The minimum absolute atomic E-state index is 0.124. The zero-order chi connectivity index (χ0) is 15.7. The van der Waals surface area contributed by atoms with Crippen molar-refractivity contribution in [2.75, 3.05) is 7.11 Å². The van der Waals surface area contributed by atoms with Gasteiger partial charge in [-0.15, -0.1) is 0 Å². The van der Waals surface area contributed by atoms with E-state index in [4.69, 9.17) is 14.9 Å². The van der Waals surface area contributed by atoms with Crippen LogP contribution in [0.3, 0.4) is 0 Å². The Morgan fingerprint density at radius 2 is 1.81 bits per heavy atom. The Kier molecular flexibility index (Phi) is 4.37. The summed E-state index contributed by atoms with van der Waals surface area (Å²) in [7, 11) is 1.69. The summed E-state index contributed by atoms with van der Waals surface area (Å²) in [6, 6.07) is -0.124. The number of methoxy groups -OCH3 is 1. The number of hydrogen-bond donors (Lipinski definition) is 1. The van der Waals surface area contributed by atoms with Crippen molar-refractivity contribution < 1.29 is 9.15 Å². The summed E-state index contributed by atoms with van der Waals surface area (Å²) in [5, 5.41) is 0. The summed E-state index contributed by atoms with van der Waals surface area (Å²) in [6.07, 6.45) is 2.51. The molecule has 2 N–H and O–H groups in total. The Morgan fingerprint density at radius 3 is 2.33 bits per heavy atom. The maximum absolute atomic E-state index is 6.40. The molecule has 0 aliphatic carbocycles. The largest absolute Gasteiger partial charge is 0.496 e. The van der Waals surface area contributed by atoms with Crippen molar-refractivity contribution in [3.8, 4) is 5.75 Å². The van der Waals surface area contributed by atoms with Gasteiger partial charge in [0.2, 0.25) is 0 Å². The first-order chi connectivity index (χ1) is 9.86. The number of nitrogens with two attached hydrogens (primary N) is 1. The van der Waals surface area contributed by atoms with E-state index in [0.29, 0.717) is 6.42 Å². The quantitative estimate of drug-likeness (QED) is 0.935. The third kappa shape index (κ3) is 2.81. The molecular weight excluding hydrogens is 264 g/mol. The number of furan rings is 1. The Labute approximate surface area is 126 Å². The van der Waals surface area contributed by atoms with Gasteiger partial charge in [-0.25, -0.2) is 0 Å². The van der Waals surface area contributed by atoms with Gasteiger partial charge < -0.3 is 14.9 Å². The number of nitrogens with zero attached hydrogens (tertiary/aromatic N) is 1. The zero-order valence-corrected chi connectivity index (χ0v) is 13.7. The lowest BCUT2D eigenvalue weighted by atomic mass is 9.96. The molecule has 2 rings (SSSR count). The molecule has 1 atom stereocenters. The molecule has 0 aliphatic heterocycles. The molecule has 4 nitrogen and oxygen atoms in total. The first kappa shape index (κ1) is 15.6. The molecule has 4 heteroatoms. The van der Waals surface area contributed by atoms with Crippen molar-refractivity contribution >= 4 is 0 Å². The molecule has 0 bridgehead atoms. The lowest BCUT2D eigenvalue weighted by Gasteiger charge is -2.16. The van der Waals surface area contributed by atoms with Crippen LogP contribution < -0.4 is 10.5 Å². The van der Waals surface area contributed by atoms with Gasteiger partial charge in [-0.2, -0.15) is 0 Å². The molecule has 21 heavy (non-hydrogen) atoms. The fourth-order valence-electron chi connectivity index (χ4n) is 2.94. The molecule has 0 saturated heterocycles. The molecule has 0 radical (unpaired) electrons. The number of aromatic nitrogens is 1. The van der Waals surface area contributed by atoms with Crippen molar-refractivity contribution in [1.82, 2.24) is 4.98 Å². The van der Waals surface area contributed by atoms with Crippen molar-refractivity contribution in [1.29, 1.82) is 0 Å². The number of hydrogen-bond acceptors (Lipinski definition) is 4. The standard InChI is InChI=1S/C17H24N2O2/c1-9-8-19-15(11(3)17(9)20-6)7-14(18)16-10(2)12(4)21-13(16)5/h8,14H,7,18H2,1-6H3. The first-order valence-electron chi connectivity index (χ1n) is 7.17. The summed E-state index contributed by atoms with van der Waals surface area (Å²) in [6.45, 7) is 10.0. The van der Waals surface area contributed by atoms with Crippen LogP contribution in [0.4, 0.5) is 0 Å². The van der Waals surface area contributed by atoms with E-state index in [1.807, 2.05) is 33.9 Å². The van der Waals surface area contributed by atoms with Crippen molar-refractivity contribution in [3.05, 3.63) is 45.7 Å². The molecule has 0 amide bonds. The van der Waals surface area contributed by atoms with Gasteiger partial charge in [0.25, 0.3) is 0 Å². The topological polar surface area (TPSA) is 61.3 Å². The molecule has 2 aromatic rings. The Bertz CT molecular complexity index is 659. The highest BCUT2D eigenvalue weighted by molar-refractivity contribution is 5.42. The van der Waals surface area contributed by atoms with Crippen molar-refractivity contribution in [2.45, 2.75) is 47.1 Å². The van der Waals surface area contributed by atoms with Gasteiger partial charge in [-0.05, 0) is 40.2 Å². The minimum Gasteiger partial charge on any atom is -0.496 e. The fraction of sp³-hybridized carbons (Fsp3) is 0.471. The normalized spacial score (nSPS) is 12.5. The van der Waals surface area contributed by atoms with E-state index < -0.39 is 0 Å². The molecular formula is C17H24N2O2. The smallest absolute Gasteiger partial charge is 0.128 e. The summed E-state index contributed by atoms with van der Waals surface area (Å²) < 4.78 is 11.1. The van der Waals surface area contributed by atoms with Gasteiger partial charge in [0.1, 0.15) is 17.3 Å². The minimum atomic E-state index is -0.124. The van der Waals surface area contributed by atoms with Crippen LogP contribution in [-0.4, -0.2) is 12.1 Å². The number of rotatable bonds is 4. The van der Waals surface area contributed by atoms with Crippen LogP contribution in [0.1, 0.15) is 45.5 Å². The third-order valence-electron chi connectivity index (χ3n) is 4.15. The van der Waals surface area contributed by atoms with E-state index in [2.05, 4.69) is 11.9 Å². The molecule has 2 aromatic heterocycles. The summed E-state index contributed by atoms with van der Waals surface area (Å²) in [5.74, 6) is 2.72. The van der Waals surface area contributed by atoms with Crippen molar-refractivity contribution in [2.24, 2.45) is 5.73 Å². The van der Waals surface area contributed by atoms with E-state index in [9.17, 15) is 0 Å². The molecule has 0 aromatic carbocycles. The average Bonchev–Trinajstić information content (AvgIpc) is 2.67. The Morgan fingerprint density at radius 1 is 1.14 bits per heavy atom. The zero-order valence-electron chi connectivity index (χ0n) is 13.7. The van der Waals surface area contributed by atoms with Crippen LogP contribution in [0.15, 0.2) is 10.6 Å². The van der Waals surface area contributed by atoms with Crippen LogP contribution in [0.2, 0.25) is 0 Å². The van der Waals surface area contributed by atoms with Gasteiger partial charge in [-0.3, -0.25) is 4.98 Å². The number of aryl methyl sites for hydroxylation is 3. The fourth-order valence-corrected chi connectivity index (χ4v) is 2.94. The highest BCUT2D eigenvalue weighted by Crippen LogP contribution is 2.30. The van der Waals surface area contributed by atoms with E-state index in [0.717, 1.165) is 45.2 Å². The lowest BCUT2D eigenvalue weighted by molar-refractivity contribution is 0.406. The predicted octanol–water partition coefficient (Wildman–Crippen LogP) is 3.47. The van der Waals surface area contributed by atoms with Gasteiger partial charge in [0.05, 0.1) is 7.11 Å². The lowest BCUT2D eigenvalue weighted by Crippen LogP contribution is -2.16. The molecule has 2 heterocycles. The van der Waals surface area contributed by atoms with Crippen LogP contribution in [0, 0.1) is 34.6 Å². The van der Waals surface area contributed by atoms with E-state index in [-0.39, 0.29) is 6.04 Å². The van der Waals surface area contributed by atoms with Crippen LogP contribution in [-0.2, 0) is 6.42 Å². The first-order valence-corrected chi connectivity index (χ1v) is 7.17. The number of pyridine rings is 1. The molecule has 0 saturated carbocycles. The Balaban J connectivity index is 2.34. The molecule has 0 fully saturated rings. The second-order valence-electron chi connectivity index (χ2n) is 5.61. The summed E-state index contributed by atoms with van der Waals surface area (Å²) >= 11 is 0. The maximum atomic E-state index is 6.40. The van der Waals surface area contributed by atoms with Crippen molar-refractivity contribution in [3.63, 3.8) is 0 Å². The van der Waals surface area contributed by atoms with E-state index >= 15 is 0 Å². The molecule has 0 aliphatic rings. The summed E-state index contributed by atoms with van der Waals surface area (Å²) in [5.41, 5.74) is 11.7. The Hall–Kier alpha value is -1.81. The third-order valence-corrected chi connectivity index (χ3v) is 4.15. The highest BCUT2D eigenvalue weighted by Gasteiger charge is 2.20. The second kappa shape index (κ2) is 5.90. The SMILES string of the molecule is COc1c(C)cnc(CC(N)c2c(C)oc(C)c2C)c1C. The van der Waals surface area contributed by atoms with Gasteiger partial charge >= 0.3 is 0 Å². The molecule has 114 valence electrons. The second-order valence-corrected chi connectivity index (χ2v) is 5.61. The maximum Gasteiger partial charge on any atom is 0.128 e. The monoisotopic (exact) mass is 288 g/mol.